The quantitative estimate of drug-likeness (QED) is 0.691. The third-order valence-corrected chi connectivity index (χ3v) is 4.84. The van der Waals surface area contributed by atoms with Gasteiger partial charge in [0.15, 0.2) is 6.61 Å². The molecule has 0 radical (unpaired) electrons. The van der Waals surface area contributed by atoms with Gasteiger partial charge in [-0.05, 0) is 37.1 Å². The number of nitrogens with one attached hydrogen (secondary N) is 1. The maximum absolute atomic E-state index is 13.0. The number of aryl methyl sites for hydroxylation is 1. The summed E-state index contributed by atoms with van der Waals surface area (Å²) in [5, 5.41) is 3.43. The molecule has 5 nitrogen and oxygen atoms in total. The van der Waals surface area contributed by atoms with Crippen LogP contribution in [0.3, 0.4) is 0 Å². The summed E-state index contributed by atoms with van der Waals surface area (Å²) in [5.74, 6) is -0.154. The largest absolute Gasteiger partial charge is 0.482 e. The molecule has 0 bridgehead atoms. The average Bonchev–Trinajstić information content (AvgIpc) is 2.66. The van der Waals surface area contributed by atoms with E-state index in [1.54, 1.807) is 25.2 Å². The van der Waals surface area contributed by atoms with E-state index in [0.29, 0.717) is 28.8 Å². The van der Waals surface area contributed by atoms with Crippen LogP contribution in [0.15, 0.2) is 42.5 Å². The molecule has 0 aliphatic carbocycles. The fourth-order valence-electron chi connectivity index (χ4n) is 2.91. The van der Waals surface area contributed by atoms with E-state index in [1.807, 2.05) is 38.1 Å². The molecule has 0 aliphatic rings. The van der Waals surface area contributed by atoms with E-state index >= 15 is 0 Å². The monoisotopic (exact) mass is 422 g/mol. The topological polar surface area (TPSA) is 58.6 Å². The molecule has 28 heavy (non-hydrogen) atoms. The lowest BCUT2D eigenvalue weighted by atomic mass is 10.1. The Morgan fingerprint density at radius 3 is 2.54 bits per heavy atom. The van der Waals surface area contributed by atoms with Gasteiger partial charge in [0.1, 0.15) is 11.8 Å². The molecule has 0 fully saturated rings. The van der Waals surface area contributed by atoms with Crippen molar-refractivity contribution < 1.29 is 14.3 Å². The van der Waals surface area contributed by atoms with Gasteiger partial charge in [-0.1, -0.05) is 60.0 Å². The molecule has 0 heterocycles. The second kappa shape index (κ2) is 10.3. The zero-order chi connectivity index (χ0) is 20.7. The van der Waals surface area contributed by atoms with E-state index in [-0.39, 0.29) is 18.4 Å². The number of nitrogens with zero attached hydrogens (tertiary/aromatic N) is 1. The minimum absolute atomic E-state index is 0.215. The van der Waals surface area contributed by atoms with Gasteiger partial charge in [-0.3, -0.25) is 9.59 Å². The highest BCUT2D eigenvalue weighted by molar-refractivity contribution is 6.35. The number of halogens is 2. The number of hydrogen-bond acceptors (Lipinski definition) is 3. The highest BCUT2D eigenvalue weighted by atomic mass is 35.5. The summed E-state index contributed by atoms with van der Waals surface area (Å²) < 4.78 is 5.59. The Kier molecular flexibility index (Phi) is 8.15. The van der Waals surface area contributed by atoms with E-state index in [9.17, 15) is 9.59 Å². The van der Waals surface area contributed by atoms with E-state index in [0.717, 1.165) is 11.1 Å². The van der Waals surface area contributed by atoms with Crippen LogP contribution in [-0.2, 0) is 16.1 Å². The van der Waals surface area contributed by atoms with Gasteiger partial charge in [-0.25, -0.2) is 0 Å². The highest BCUT2D eigenvalue weighted by Gasteiger charge is 2.28. The van der Waals surface area contributed by atoms with Crippen molar-refractivity contribution in [3.8, 4) is 5.75 Å². The number of amides is 2. The normalized spacial score (nSPS) is 11.6. The number of ether oxygens (including phenoxy) is 1. The predicted octanol–water partition coefficient (Wildman–Crippen LogP) is 4.23. The highest BCUT2D eigenvalue weighted by Crippen LogP contribution is 2.27. The van der Waals surface area contributed by atoms with Crippen LogP contribution in [-0.4, -0.2) is 36.4 Å². The third-order valence-electron chi connectivity index (χ3n) is 4.31. The van der Waals surface area contributed by atoms with Crippen LogP contribution in [0.25, 0.3) is 0 Å². The fraction of sp³-hybridized carbons (Fsp3) is 0.333. The third kappa shape index (κ3) is 5.88. The van der Waals surface area contributed by atoms with Crippen molar-refractivity contribution in [2.45, 2.75) is 32.9 Å². The second-order valence-electron chi connectivity index (χ2n) is 6.41. The van der Waals surface area contributed by atoms with Crippen LogP contribution in [0.1, 0.15) is 24.5 Å². The van der Waals surface area contributed by atoms with Crippen LogP contribution >= 0.6 is 23.2 Å². The number of carbonyl (C=O) groups is 2. The van der Waals surface area contributed by atoms with E-state index in [2.05, 4.69) is 5.32 Å². The molecule has 0 unspecified atom stereocenters. The summed E-state index contributed by atoms with van der Waals surface area (Å²) in [4.78, 5) is 26.8. The average molecular weight is 423 g/mol. The molecule has 2 aromatic rings. The fourth-order valence-corrected chi connectivity index (χ4v) is 3.37. The molecule has 150 valence electrons. The maximum Gasteiger partial charge on any atom is 0.261 e. The first kappa shape index (κ1) is 22.1. The summed E-state index contributed by atoms with van der Waals surface area (Å²) in [5.41, 5.74) is 2.03. The molecule has 0 saturated carbocycles. The Hall–Kier alpha value is -2.24. The molecular formula is C21H24Cl2N2O3. The Labute approximate surface area is 175 Å². The van der Waals surface area contributed by atoms with Gasteiger partial charge in [-0.2, -0.15) is 0 Å². The Morgan fingerprint density at radius 1 is 1.18 bits per heavy atom. The predicted molar refractivity (Wildman–Crippen MR) is 112 cm³/mol. The van der Waals surface area contributed by atoms with Gasteiger partial charge in [0, 0.05) is 18.6 Å². The first-order chi connectivity index (χ1) is 13.3. The van der Waals surface area contributed by atoms with Crippen molar-refractivity contribution in [2.75, 3.05) is 13.7 Å². The molecular weight excluding hydrogens is 399 g/mol. The summed E-state index contributed by atoms with van der Waals surface area (Å²) in [6, 6.07) is 12.0. The minimum Gasteiger partial charge on any atom is -0.482 e. The van der Waals surface area contributed by atoms with E-state index in [4.69, 9.17) is 27.9 Å². The van der Waals surface area contributed by atoms with Gasteiger partial charge in [0.05, 0.1) is 5.02 Å². The molecule has 0 aromatic heterocycles. The maximum atomic E-state index is 13.0. The van der Waals surface area contributed by atoms with Gasteiger partial charge in [-0.15, -0.1) is 0 Å². The molecule has 0 saturated heterocycles. The summed E-state index contributed by atoms with van der Waals surface area (Å²) in [7, 11) is 1.56. The van der Waals surface area contributed by atoms with Gasteiger partial charge in [0.25, 0.3) is 5.91 Å². The van der Waals surface area contributed by atoms with Crippen molar-refractivity contribution >= 4 is 35.0 Å². The van der Waals surface area contributed by atoms with E-state index < -0.39 is 6.04 Å². The molecule has 2 rings (SSSR count). The van der Waals surface area contributed by atoms with Crippen molar-refractivity contribution in [2.24, 2.45) is 0 Å². The smallest absolute Gasteiger partial charge is 0.261 e. The van der Waals surface area contributed by atoms with Crippen LogP contribution in [0, 0.1) is 6.92 Å². The van der Waals surface area contributed by atoms with Gasteiger partial charge in [0.2, 0.25) is 5.91 Å². The van der Waals surface area contributed by atoms with Crippen molar-refractivity contribution in [1.82, 2.24) is 10.2 Å². The van der Waals surface area contributed by atoms with Crippen LogP contribution < -0.4 is 10.1 Å². The van der Waals surface area contributed by atoms with Crippen molar-refractivity contribution in [1.29, 1.82) is 0 Å². The summed E-state index contributed by atoms with van der Waals surface area (Å²) in [6.45, 7) is 3.93. The molecule has 2 aromatic carbocycles. The lowest BCUT2D eigenvalue weighted by Crippen LogP contribution is -2.49. The standard InChI is InChI=1S/C21H24Cl2N2O3/c1-4-18(21(27)24-3)25(12-15-7-5-6-14(2)10-15)20(26)13-28-19-9-8-16(22)11-17(19)23/h5-11,18H,4,12-13H2,1-3H3,(H,24,27)/t18-/m1/s1. The van der Waals surface area contributed by atoms with Crippen LogP contribution in [0.4, 0.5) is 0 Å². The van der Waals surface area contributed by atoms with Gasteiger partial charge < -0.3 is 15.0 Å². The van der Waals surface area contributed by atoms with Crippen LogP contribution in [0.5, 0.6) is 5.75 Å². The summed E-state index contributed by atoms with van der Waals surface area (Å²) in [6.07, 6.45) is 0.485. The molecule has 0 spiro atoms. The number of hydrogen-bond donors (Lipinski definition) is 1. The van der Waals surface area contributed by atoms with Crippen molar-refractivity contribution in [3.05, 3.63) is 63.6 Å². The lowest BCUT2D eigenvalue weighted by molar-refractivity contribution is -0.142. The Bertz CT molecular complexity index is 842. The van der Waals surface area contributed by atoms with Crippen molar-refractivity contribution in [3.63, 3.8) is 0 Å². The Balaban J connectivity index is 2.21. The molecule has 0 aliphatic heterocycles. The zero-order valence-electron chi connectivity index (χ0n) is 16.2. The SMILES string of the molecule is CC[C@H](C(=O)NC)N(Cc1cccc(C)c1)C(=O)COc1ccc(Cl)cc1Cl. The number of rotatable bonds is 8. The lowest BCUT2D eigenvalue weighted by Gasteiger charge is -2.30. The molecule has 1 N–H and O–H groups in total. The molecule has 1 atom stereocenters. The first-order valence-corrected chi connectivity index (χ1v) is 9.75. The summed E-state index contributed by atoms with van der Waals surface area (Å²) >= 11 is 12.0. The first-order valence-electron chi connectivity index (χ1n) is 9.00. The minimum atomic E-state index is -0.595. The zero-order valence-corrected chi connectivity index (χ0v) is 17.7. The molecule has 7 heteroatoms. The van der Waals surface area contributed by atoms with Gasteiger partial charge >= 0.3 is 0 Å². The number of carbonyl (C=O) groups excluding carboxylic acids is 2. The number of likely N-dealkylation sites (N-methyl/N-ethyl adjacent to an activating group) is 1. The molecule has 2 amide bonds. The van der Waals surface area contributed by atoms with Crippen LogP contribution in [0.2, 0.25) is 10.0 Å². The number of benzene rings is 2. The second-order valence-corrected chi connectivity index (χ2v) is 7.26. The van der Waals surface area contributed by atoms with E-state index in [1.165, 1.54) is 4.90 Å². The Morgan fingerprint density at radius 2 is 1.93 bits per heavy atom.